The van der Waals surface area contributed by atoms with Crippen molar-refractivity contribution < 1.29 is 9.53 Å². The van der Waals surface area contributed by atoms with E-state index in [0.29, 0.717) is 12.5 Å². The van der Waals surface area contributed by atoms with E-state index < -0.39 is 0 Å². The molecule has 1 aliphatic heterocycles. The van der Waals surface area contributed by atoms with Gasteiger partial charge in [0.25, 0.3) is 0 Å². The number of hydrogen-bond donors (Lipinski definition) is 1. The minimum Gasteiger partial charge on any atom is -0.463 e. The van der Waals surface area contributed by atoms with Gasteiger partial charge in [-0.1, -0.05) is 44.2 Å². The molecule has 1 N–H and O–H groups in total. The number of nitrogens with one attached hydrogen (secondary N) is 1. The topological polar surface area (TPSA) is 38.3 Å². The lowest BCUT2D eigenvalue weighted by molar-refractivity contribution is -0.152. The van der Waals surface area contributed by atoms with Crippen LogP contribution in [0.3, 0.4) is 0 Å². The molecule has 0 amide bonds. The van der Waals surface area contributed by atoms with Gasteiger partial charge in [-0.2, -0.15) is 0 Å². The molecule has 1 aromatic carbocycles. The second kappa shape index (κ2) is 5.32. The molecule has 2 atom stereocenters. The maximum absolute atomic E-state index is 11.7. The monoisotopic (exact) mass is 233 g/mol. The second-order valence-electron chi connectivity index (χ2n) is 4.97. The zero-order valence-electron chi connectivity index (χ0n) is 10.3. The Labute approximate surface area is 102 Å². The lowest BCUT2D eigenvalue weighted by atomic mass is 9.99. The van der Waals surface area contributed by atoms with Crippen molar-refractivity contribution in [2.24, 2.45) is 5.92 Å². The van der Waals surface area contributed by atoms with Crippen molar-refractivity contribution in [1.82, 2.24) is 5.32 Å². The van der Waals surface area contributed by atoms with E-state index >= 15 is 0 Å². The summed E-state index contributed by atoms with van der Waals surface area (Å²) >= 11 is 0. The third kappa shape index (κ3) is 3.07. The van der Waals surface area contributed by atoms with Crippen molar-refractivity contribution in [3.8, 4) is 0 Å². The molecule has 0 saturated carbocycles. The molecule has 1 saturated heterocycles. The van der Waals surface area contributed by atoms with Gasteiger partial charge in [-0.05, 0) is 17.9 Å². The predicted octanol–water partition coefficient (Wildman–Crippen LogP) is 2.29. The molecule has 0 radical (unpaired) electrons. The first-order valence-electron chi connectivity index (χ1n) is 6.14. The molecular weight excluding hydrogens is 214 g/mol. The molecule has 1 fully saturated rings. The molecule has 92 valence electrons. The largest absolute Gasteiger partial charge is 0.463 e. The zero-order chi connectivity index (χ0) is 12.3. The Kier molecular flexibility index (Phi) is 3.79. The molecule has 0 bridgehead atoms. The number of rotatable bonds is 3. The van der Waals surface area contributed by atoms with Gasteiger partial charge < -0.3 is 4.74 Å². The Hall–Kier alpha value is -1.35. The van der Waals surface area contributed by atoms with Crippen molar-refractivity contribution in [3.63, 3.8) is 0 Å². The van der Waals surface area contributed by atoms with Gasteiger partial charge in [0.05, 0.1) is 0 Å². The Bertz CT molecular complexity index is 375. The van der Waals surface area contributed by atoms with E-state index in [-0.39, 0.29) is 18.1 Å². The summed E-state index contributed by atoms with van der Waals surface area (Å²) in [5.41, 5.74) is 0.978. The molecule has 17 heavy (non-hydrogen) atoms. The maximum Gasteiger partial charge on any atom is 0.327 e. The highest BCUT2D eigenvalue weighted by molar-refractivity contribution is 5.78. The van der Waals surface area contributed by atoms with Gasteiger partial charge in [0.15, 0.2) is 0 Å². The number of benzene rings is 1. The van der Waals surface area contributed by atoms with E-state index in [2.05, 4.69) is 19.2 Å². The fraction of sp³-hybridized carbons (Fsp3) is 0.500. The van der Waals surface area contributed by atoms with E-state index in [1.54, 1.807) is 0 Å². The predicted molar refractivity (Wildman–Crippen MR) is 66.5 cm³/mol. The van der Waals surface area contributed by atoms with Crippen LogP contribution in [0.5, 0.6) is 0 Å². The molecule has 0 aliphatic carbocycles. The van der Waals surface area contributed by atoms with Gasteiger partial charge in [0.1, 0.15) is 12.6 Å². The summed E-state index contributed by atoms with van der Waals surface area (Å²) in [4.78, 5) is 11.7. The molecule has 3 heteroatoms. The van der Waals surface area contributed by atoms with Crippen LogP contribution in [-0.4, -0.2) is 18.6 Å². The number of esters is 1. The average Bonchev–Trinajstić information content (AvgIpc) is 2.32. The summed E-state index contributed by atoms with van der Waals surface area (Å²) in [6.45, 7) is 4.84. The summed E-state index contributed by atoms with van der Waals surface area (Å²) in [7, 11) is 0. The van der Waals surface area contributed by atoms with Crippen LogP contribution in [0.25, 0.3) is 0 Å². The van der Waals surface area contributed by atoms with Crippen molar-refractivity contribution in [3.05, 3.63) is 35.9 Å². The first kappa shape index (κ1) is 12.1. The second-order valence-corrected chi connectivity index (χ2v) is 4.97. The van der Waals surface area contributed by atoms with E-state index in [9.17, 15) is 4.79 Å². The van der Waals surface area contributed by atoms with Crippen LogP contribution in [0.15, 0.2) is 30.3 Å². The highest BCUT2D eigenvalue weighted by Gasteiger charge is 2.30. The van der Waals surface area contributed by atoms with Gasteiger partial charge in [-0.15, -0.1) is 0 Å². The van der Waals surface area contributed by atoms with Crippen LogP contribution in [0.1, 0.15) is 31.9 Å². The van der Waals surface area contributed by atoms with Crippen LogP contribution in [-0.2, 0) is 9.53 Å². The number of hydrogen-bond acceptors (Lipinski definition) is 3. The Balaban J connectivity index is 2.08. The van der Waals surface area contributed by atoms with Crippen LogP contribution < -0.4 is 5.32 Å². The normalized spacial score (nSPS) is 24.8. The Morgan fingerprint density at radius 1 is 1.35 bits per heavy atom. The minimum atomic E-state index is -0.311. The molecule has 0 spiro atoms. The molecule has 3 nitrogen and oxygen atoms in total. The van der Waals surface area contributed by atoms with E-state index in [1.165, 1.54) is 0 Å². The highest BCUT2D eigenvalue weighted by Crippen LogP contribution is 2.21. The number of carbonyl (C=O) groups excluding carboxylic acids is 1. The van der Waals surface area contributed by atoms with E-state index in [4.69, 9.17) is 4.74 Å². The Morgan fingerprint density at radius 2 is 2.06 bits per heavy atom. The first-order chi connectivity index (χ1) is 8.16. The lowest BCUT2D eigenvalue weighted by Crippen LogP contribution is -2.47. The maximum atomic E-state index is 11.7. The molecule has 0 unspecified atom stereocenters. The SMILES string of the molecule is CC(C)C[C@H]1COC(=O)[C@@H](c2ccccc2)N1. The Morgan fingerprint density at radius 3 is 2.71 bits per heavy atom. The summed E-state index contributed by atoms with van der Waals surface area (Å²) in [6, 6.07) is 9.69. The van der Waals surface area contributed by atoms with Crippen LogP contribution >= 0.6 is 0 Å². The van der Waals surface area contributed by atoms with E-state index in [1.807, 2.05) is 30.3 Å². The van der Waals surface area contributed by atoms with Crippen molar-refractivity contribution in [2.75, 3.05) is 6.61 Å². The smallest absolute Gasteiger partial charge is 0.327 e. The first-order valence-corrected chi connectivity index (χ1v) is 6.14. The quantitative estimate of drug-likeness (QED) is 0.814. The molecule has 1 heterocycles. The molecular formula is C14H19NO2. The molecule has 2 rings (SSSR count). The van der Waals surface area contributed by atoms with Crippen LogP contribution in [0, 0.1) is 5.92 Å². The molecule has 1 aromatic rings. The van der Waals surface area contributed by atoms with Crippen molar-refractivity contribution in [1.29, 1.82) is 0 Å². The number of ether oxygens (including phenoxy) is 1. The zero-order valence-corrected chi connectivity index (χ0v) is 10.3. The van der Waals surface area contributed by atoms with Crippen molar-refractivity contribution >= 4 is 5.97 Å². The van der Waals surface area contributed by atoms with Crippen LogP contribution in [0.2, 0.25) is 0 Å². The highest BCUT2D eigenvalue weighted by atomic mass is 16.5. The summed E-state index contributed by atoms with van der Waals surface area (Å²) in [5, 5.41) is 3.38. The number of morpholine rings is 1. The third-order valence-corrected chi connectivity index (χ3v) is 2.95. The fourth-order valence-corrected chi connectivity index (χ4v) is 2.20. The van der Waals surface area contributed by atoms with Crippen molar-refractivity contribution in [2.45, 2.75) is 32.4 Å². The van der Waals surface area contributed by atoms with Gasteiger partial charge in [0, 0.05) is 6.04 Å². The molecule has 0 aromatic heterocycles. The standard InChI is InChI=1S/C14H19NO2/c1-10(2)8-12-9-17-14(16)13(15-12)11-6-4-3-5-7-11/h3-7,10,12-13,15H,8-9H2,1-2H3/t12-,13+/m0/s1. The summed E-state index contributed by atoms with van der Waals surface area (Å²) in [5.74, 6) is 0.428. The van der Waals surface area contributed by atoms with Gasteiger partial charge in [-0.25, -0.2) is 4.79 Å². The van der Waals surface area contributed by atoms with Gasteiger partial charge in [0.2, 0.25) is 0 Å². The fourth-order valence-electron chi connectivity index (χ4n) is 2.20. The minimum absolute atomic E-state index is 0.170. The lowest BCUT2D eigenvalue weighted by Gasteiger charge is -2.31. The summed E-state index contributed by atoms with van der Waals surface area (Å²) < 4.78 is 5.26. The average molecular weight is 233 g/mol. The number of cyclic esters (lactones) is 1. The van der Waals surface area contributed by atoms with E-state index in [0.717, 1.165) is 12.0 Å². The van der Waals surface area contributed by atoms with Gasteiger partial charge >= 0.3 is 5.97 Å². The third-order valence-electron chi connectivity index (χ3n) is 2.95. The summed E-state index contributed by atoms with van der Waals surface area (Å²) in [6.07, 6.45) is 1.02. The van der Waals surface area contributed by atoms with Crippen LogP contribution in [0.4, 0.5) is 0 Å². The van der Waals surface area contributed by atoms with Gasteiger partial charge in [-0.3, -0.25) is 5.32 Å². The molecule has 1 aliphatic rings. The number of carbonyl (C=O) groups is 1.